The minimum atomic E-state index is 0.155. The van der Waals surface area contributed by atoms with E-state index in [1.807, 2.05) is 12.1 Å². The number of hydrogen-bond acceptors (Lipinski definition) is 3. The van der Waals surface area contributed by atoms with Crippen LogP contribution in [-0.2, 0) is 4.74 Å². The highest BCUT2D eigenvalue weighted by molar-refractivity contribution is 5.38. The summed E-state index contributed by atoms with van der Waals surface area (Å²) in [5.74, 6) is 1.79. The lowest BCUT2D eigenvalue weighted by molar-refractivity contribution is -0.0971. The van der Waals surface area contributed by atoms with Gasteiger partial charge in [0.05, 0.1) is 12.6 Å². The van der Waals surface area contributed by atoms with Gasteiger partial charge in [0.25, 0.3) is 0 Å². The molecular formula is C17H23NO2. The fourth-order valence-electron chi connectivity index (χ4n) is 4.26. The predicted molar refractivity (Wildman–Crippen MR) is 77.9 cm³/mol. The van der Waals surface area contributed by atoms with Gasteiger partial charge in [-0.1, -0.05) is 38.0 Å². The highest BCUT2D eigenvalue weighted by atomic mass is 16.5. The Bertz CT molecular complexity index is 504. The van der Waals surface area contributed by atoms with Gasteiger partial charge in [0, 0.05) is 11.1 Å². The Balaban J connectivity index is 1.57. The molecule has 2 heterocycles. The number of para-hydroxylation sites is 1. The van der Waals surface area contributed by atoms with Crippen LogP contribution < -0.4 is 10.1 Å². The van der Waals surface area contributed by atoms with Crippen LogP contribution in [0.5, 0.6) is 5.75 Å². The molecule has 1 saturated heterocycles. The van der Waals surface area contributed by atoms with Crippen LogP contribution in [0.15, 0.2) is 24.3 Å². The van der Waals surface area contributed by atoms with Gasteiger partial charge in [-0.3, -0.25) is 0 Å². The minimum Gasteiger partial charge on any atom is -0.491 e. The molecule has 0 bridgehead atoms. The minimum absolute atomic E-state index is 0.155. The molecule has 3 aliphatic rings. The molecule has 1 saturated carbocycles. The first kappa shape index (κ1) is 12.7. The molecule has 1 aliphatic carbocycles. The van der Waals surface area contributed by atoms with E-state index in [0.717, 1.165) is 24.9 Å². The maximum Gasteiger partial charge on any atom is 0.125 e. The van der Waals surface area contributed by atoms with Crippen LogP contribution in [-0.4, -0.2) is 24.8 Å². The van der Waals surface area contributed by atoms with E-state index in [0.29, 0.717) is 6.04 Å². The highest BCUT2D eigenvalue weighted by Crippen LogP contribution is 2.42. The second-order valence-electron chi connectivity index (χ2n) is 6.81. The molecule has 1 aromatic carbocycles. The lowest BCUT2D eigenvalue weighted by Crippen LogP contribution is -2.63. The zero-order valence-electron chi connectivity index (χ0n) is 12.1. The van der Waals surface area contributed by atoms with Crippen LogP contribution >= 0.6 is 0 Å². The maximum atomic E-state index is 6.31. The smallest absolute Gasteiger partial charge is 0.125 e. The van der Waals surface area contributed by atoms with Crippen LogP contribution in [0.1, 0.15) is 44.3 Å². The van der Waals surface area contributed by atoms with E-state index in [1.165, 1.54) is 31.2 Å². The topological polar surface area (TPSA) is 30.5 Å². The summed E-state index contributed by atoms with van der Waals surface area (Å²) in [7, 11) is 0. The number of nitrogens with one attached hydrogen (secondary N) is 1. The van der Waals surface area contributed by atoms with Crippen molar-refractivity contribution < 1.29 is 9.47 Å². The van der Waals surface area contributed by atoms with Crippen LogP contribution in [0.2, 0.25) is 0 Å². The number of morpholine rings is 1. The van der Waals surface area contributed by atoms with Crippen LogP contribution in [0.25, 0.3) is 0 Å². The predicted octanol–water partition coefficient (Wildman–Crippen LogP) is 3.06. The summed E-state index contributed by atoms with van der Waals surface area (Å²) >= 11 is 0. The zero-order valence-corrected chi connectivity index (χ0v) is 12.1. The molecule has 4 unspecified atom stereocenters. The van der Waals surface area contributed by atoms with Crippen molar-refractivity contribution in [2.75, 3.05) is 13.2 Å². The normalized spacial score (nSPS) is 39.8. The van der Waals surface area contributed by atoms with Crippen molar-refractivity contribution >= 4 is 0 Å². The molecular weight excluding hydrogens is 250 g/mol. The SMILES string of the molecule is CC1CCCC2(COC3c4ccccc4OCC3N2)C1. The Morgan fingerprint density at radius 3 is 3.10 bits per heavy atom. The molecule has 2 fully saturated rings. The van der Waals surface area contributed by atoms with Gasteiger partial charge < -0.3 is 14.8 Å². The summed E-state index contributed by atoms with van der Waals surface area (Å²) in [6, 6.07) is 8.57. The third-order valence-corrected chi connectivity index (χ3v) is 5.13. The Hall–Kier alpha value is -1.06. The molecule has 0 radical (unpaired) electrons. The molecule has 3 nitrogen and oxygen atoms in total. The number of fused-ring (bicyclic) bond motifs is 3. The van der Waals surface area contributed by atoms with E-state index in [-0.39, 0.29) is 11.6 Å². The second kappa shape index (κ2) is 4.74. The van der Waals surface area contributed by atoms with E-state index in [2.05, 4.69) is 24.4 Å². The van der Waals surface area contributed by atoms with Crippen molar-refractivity contribution in [3.8, 4) is 5.75 Å². The standard InChI is InChI=1S/C17H23NO2/c1-12-5-4-8-17(9-12)11-20-16-13-6-2-3-7-15(13)19-10-14(16)18-17/h2-3,6-7,12,14,16,18H,4-5,8-11H2,1H3. The van der Waals surface area contributed by atoms with E-state index in [1.54, 1.807) is 0 Å². The van der Waals surface area contributed by atoms with Crippen molar-refractivity contribution in [3.63, 3.8) is 0 Å². The Morgan fingerprint density at radius 1 is 1.30 bits per heavy atom. The second-order valence-corrected chi connectivity index (χ2v) is 6.81. The lowest BCUT2D eigenvalue weighted by Gasteiger charge is -2.50. The third kappa shape index (κ3) is 2.04. The molecule has 1 N–H and O–H groups in total. The van der Waals surface area contributed by atoms with Crippen molar-refractivity contribution in [2.45, 2.75) is 50.3 Å². The van der Waals surface area contributed by atoms with Gasteiger partial charge in [0.1, 0.15) is 18.5 Å². The molecule has 1 aromatic rings. The third-order valence-electron chi connectivity index (χ3n) is 5.13. The van der Waals surface area contributed by atoms with Crippen molar-refractivity contribution in [1.82, 2.24) is 5.32 Å². The summed E-state index contributed by atoms with van der Waals surface area (Å²) < 4.78 is 12.2. The van der Waals surface area contributed by atoms with Gasteiger partial charge in [0.15, 0.2) is 0 Å². The van der Waals surface area contributed by atoms with Crippen LogP contribution in [0, 0.1) is 5.92 Å². The number of hydrogen-bond donors (Lipinski definition) is 1. The fraction of sp³-hybridized carbons (Fsp3) is 0.647. The molecule has 0 aromatic heterocycles. The lowest BCUT2D eigenvalue weighted by atomic mass is 9.75. The molecule has 0 amide bonds. The van der Waals surface area contributed by atoms with Crippen molar-refractivity contribution in [2.24, 2.45) is 5.92 Å². The Morgan fingerprint density at radius 2 is 2.20 bits per heavy atom. The van der Waals surface area contributed by atoms with Crippen molar-refractivity contribution in [1.29, 1.82) is 0 Å². The molecule has 4 rings (SSSR count). The van der Waals surface area contributed by atoms with Gasteiger partial charge in [0.2, 0.25) is 0 Å². The molecule has 1 spiro atoms. The molecule has 3 heteroatoms. The van der Waals surface area contributed by atoms with E-state index in [4.69, 9.17) is 9.47 Å². The maximum absolute atomic E-state index is 6.31. The molecule has 108 valence electrons. The summed E-state index contributed by atoms with van der Waals surface area (Å²) in [4.78, 5) is 0. The zero-order chi connectivity index (χ0) is 13.6. The van der Waals surface area contributed by atoms with Gasteiger partial charge in [-0.05, 0) is 24.8 Å². The van der Waals surface area contributed by atoms with Gasteiger partial charge >= 0.3 is 0 Å². The van der Waals surface area contributed by atoms with E-state index >= 15 is 0 Å². The monoisotopic (exact) mass is 273 g/mol. The van der Waals surface area contributed by atoms with Crippen LogP contribution in [0.3, 0.4) is 0 Å². The number of benzene rings is 1. The first-order valence-electron chi connectivity index (χ1n) is 7.87. The number of ether oxygens (including phenoxy) is 2. The average molecular weight is 273 g/mol. The Labute approximate surface area is 120 Å². The molecule has 2 aliphatic heterocycles. The van der Waals surface area contributed by atoms with E-state index in [9.17, 15) is 0 Å². The summed E-state index contributed by atoms with van der Waals surface area (Å²) in [6.07, 6.45) is 5.30. The summed E-state index contributed by atoms with van der Waals surface area (Å²) in [5, 5.41) is 3.89. The first-order chi connectivity index (χ1) is 9.76. The number of rotatable bonds is 0. The average Bonchev–Trinajstić information content (AvgIpc) is 2.46. The summed E-state index contributed by atoms with van der Waals surface area (Å²) in [6.45, 7) is 3.92. The largest absolute Gasteiger partial charge is 0.491 e. The first-order valence-corrected chi connectivity index (χ1v) is 7.87. The molecule has 4 atom stereocenters. The van der Waals surface area contributed by atoms with Gasteiger partial charge in [-0.2, -0.15) is 0 Å². The quantitative estimate of drug-likeness (QED) is 0.788. The fourth-order valence-corrected chi connectivity index (χ4v) is 4.26. The van der Waals surface area contributed by atoms with Gasteiger partial charge in [-0.15, -0.1) is 0 Å². The van der Waals surface area contributed by atoms with Crippen LogP contribution in [0.4, 0.5) is 0 Å². The highest BCUT2D eigenvalue weighted by Gasteiger charge is 2.45. The molecule has 20 heavy (non-hydrogen) atoms. The van der Waals surface area contributed by atoms with Crippen molar-refractivity contribution in [3.05, 3.63) is 29.8 Å². The Kier molecular flexibility index (Phi) is 3.00. The summed E-state index contributed by atoms with van der Waals surface area (Å²) in [5.41, 5.74) is 1.39. The van der Waals surface area contributed by atoms with Gasteiger partial charge in [-0.25, -0.2) is 0 Å². The van der Waals surface area contributed by atoms with E-state index < -0.39 is 0 Å².